The number of carbonyl (C=O) groups excluding carboxylic acids is 10. The summed E-state index contributed by atoms with van der Waals surface area (Å²) >= 11 is 0. The fourth-order valence-electron chi connectivity index (χ4n) is 14.8. The Hall–Kier alpha value is -11.7. The lowest BCUT2D eigenvalue weighted by Crippen LogP contribution is -2.29. The van der Waals surface area contributed by atoms with Gasteiger partial charge in [0, 0.05) is 44.1 Å². The highest BCUT2D eigenvalue weighted by Crippen LogP contribution is 2.34. The van der Waals surface area contributed by atoms with Gasteiger partial charge in [0.1, 0.15) is 51.7 Å². The molecule has 0 radical (unpaired) electrons. The smallest absolute Gasteiger partial charge is 0.343 e. The highest BCUT2D eigenvalue weighted by Gasteiger charge is 2.32. The maximum atomic E-state index is 12.7. The minimum atomic E-state index is -0.506. The second-order valence-electron chi connectivity index (χ2n) is 33.3. The molecule has 0 unspecified atom stereocenters. The first-order valence-electron chi connectivity index (χ1n) is 48.2. The first-order chi connectivity index (χ1) is 65.3. The van der Waals surface area contributed by atoms with E-state index in [0.29, 0.717) is 135 Å². The summed E-state index contributed by atoms with van der Waals surface area (Å²) < 4.78 is 88.3. The molecule has 3 aliphatic carbocycles. The number of ether oxygens (including phenoxy) is 16. The fourth-order valence-corrected chi connectivity index (χ4v) is 14.8. The Morgan fingerprint density at radius 2 is 0.418 bits per heavy atom. The first kappa shape index (κ1) is 109. The molecule has 0 spiro atoms. The van der Waals surface area contributed by atoms with Gasteiger partial charge in [-0.25, -0.2) is 33.6 Å². The van der Waals surface area contributed by atoms with Crippen molar-refractivity contribution in [1.82, 2.24) is 0 Å². The van der Waals surface area contributed by atoms with E-state index >= 15 is 0 Å². The Balaban J connectivity index is 0.000000275. The molecule has 26 nitrogen and oxygen atoms in total. The second kappa shape index (κ2) is 66.6. The molecule has 0 N–H and O–H groups in total. The van der Waals surface area contributed by atoms with E-state index in [-0.39, 0.29) is 65.9 Å². The highest BCUT2D eigenvalue weighted by atomic mass is 16.6. The summed E-state index contributed by atoms with van der Waals surface area (Å²) in [4.78, 5) is 120. The van der Waals surface area contributed by atoms with E-state index in [2.05, 4.69) is 40.2 Å². The van der Waals surface area contributed by atoms with Gasteiger partial charge in [0.25, 0.3) is 0 Å². The van der Waals surface area contributed by atoms with Crippen molar-refractivity contribution in [3.05, 3.63) is 213 Å². The molecule has 0 saturated heterocycles. The predicted molar refractivity (Wildman–Crippen MR) is 509 cm³/mol. The third-order valence-corrected chi connectivity index (χ3v) is 22.7. The number of unbranched alkanes of at least 4 members (excludes halogenated alkanes) is 18. The number of benzene rings is 6. The molecule has 6 aromatic carbocycles. The minimum absolute atomic E-state index is 0.120. The van der Waals surface area contributed by atoms with E-state index in [9.17, 15) is 47.9 Å². The quantitative estimate of drug-likeness (QED) is 0.0113. The zero-order valence-electron chi connectivity index (χ0n) is 78.6. The molecule has 3 saturated carbocycles. The summed E-state index contributed by atoms with van der Waals surface area (Å²) in [5, 5.41) is 0. The molecule has 9 rings (SSSR count). The lowest BCUT2D eigenvalue weighted by atomic mass is 9.87. The molecule has 6 aromatic rings. The van der Waals surface area contributed by atoms with Crippen molar-refractivity contribution in [2.24, 2.45) is 17.8 Å². The summed E-state index contributed by atoms with van der Waals surface area (Å²) in [6.07, 6.45) is 38.8. The molecule has 728 valence electrons. The van der Waals surface area contributed by atoms with Gasteiger partial charge in [-0.1, -0.05) is 91.5 Å². The van der Waals surface area contributed by atoms with Crippen molar-refractivity contribution >= 4 is 59.7 Å². The van der Waals surface area contributed by atoms with Gasteiger partial charge in [-0.2, -0.15) is 0 Å². The molecule has 0 amide bonds. The predicted octanol–water partition coefficient (Wildman–Crippen LogP) is 22.6. The first-order valence-corrected chi connectivity index (χ1v) is 48.2. The Labute approximate surface area is 791 Å². The van der Waals surface area contributed by atoms with Gasteiger partial charge in [0.15, 0.2) is 0 Å². The number of rotatable bonds is 60. The van der Waals surface area contributed by atoms with Crippen LogP contribution in [-0.2, 0) is 66.7 Å². The molecule has 3 fully saturated rings. The minimum Gasteiger partial charge on any atom is -0.494 e. The van der Waals surface area contributed by atoms with Crippen LogP contribution in [0.3, 0.4) is 0 Å². The molecule has 0 heterocycles. The van der Waals surface area contributed by atoms with E-state index in [1.807, 2.05) is 0 Å². The third-order valence-electron chi connectivity index (χ3n) is 22.7. The van der Waals surface area contributed by atoms with Gasteiger partial charge >= 0.3 is 59.7 Å². The monoisotopic (exact) mass is 1850 g/mol. The van der Waals surface area contributed by atoms with Crippen LogP contribution in [0.2, 0.25) is 0 Å². The average Bonchev–Trinajstić information content (AvgIpc) is 0.895. The molecular weight excluding hydrogens is 1710 g/mol. The van der Waals surface area contributed by atoms with Crippen LogP contribution < -0.4 is 42.6 Å². The zero-order chi connectivity index (χ0) is 95.8. The van der Waals surface area contributed by atoms with Gasteiger partial charge in [0.05, 0.1) is 99.0 Å². The normalized spacial score (nSPS) is 16.0. The fraction of sp³-hybridized carbons (Fsp3) is 0.500. The van der Waals surface area contributed by atoms with Crippen LogP contribution >= 0.6 is 0 Å². The van der Waals surface area contributed by atoms with Crippen molar-refractivity contribution < 1.29 is 124 Å². The SMILES string of the molecule is C=CC(=O)OCCCCCCOC1CCC(C(=O)Oc2ccc(OC(=O)c3ccc(OCCCCCC)cc3)cc2)CC1.C=CC(=O)OCCCCCCOc1ccc(C(=O)Oc2ccc(OC(=O)C3CCC(OCCCCCC)CC3)cc2)cc1.C=CC(=O)OCCCCCCOc1ccc(C(=O)Oc2ccc(OC(=O)C3CCC(OCCCCCCOC(=O)C=C)CC3)cc2)cc1. The van der Waals surface area contributed by atoms with Crippen LogP contribution in [0.5, 0.6) is 51.7 Å². The molecule has 0 aromatic heterocycles. The Kier molecular flexibility index (Phi) is 54.3. The van der Waals surface area contributed by atoms with Crippen LogP contribution in [0.15, 0.2) is 196 Å². The summed E-state index contributed by atoms with van der Waals surface area (Å²) in [7, 11) is 0. The average molecular weight is 1850 g/mol. The van der Waals surface area contributed by atoms with Crippen LogP contribution in [0, 0.1) is 17.8 Å². The van der Waals surface area contributed by atoms with E-state index < -0.39 is 29.8 Å². The summed E-state index contributed by atoms with van der Waals surface area (Å²) in [5.74, 6) is 0.187. The van der Waals surface area contributed by atoms with Gasteiger partial charge in [-0.3, -0.25) is 14.4 Å². The molecular formula is C108H140O26. The van der Waals surface area contributed by atoms with E-state index in [1.54, 1.807) is 146 Å². The zero-order valence-corrected chi connectivity index (χ0v) is 78.6. The lowest BCUT2D eigenvalue weighted by Gasteiger charge is -2.27. The van der Waals surface area contributed by atoms with Crippen molar-refractivity contribution in [1.29, 1.82) is 0 Å². The Bertz CT molecular complexity index is 4420. The lowest BCUT2D eigenvalue weighted by molar-refractivity contribution is -0.142. The van der Waals surface area contributed by atoms with Gasteiger partial charge in [0.2, 0.25) is 0 Å². The number of hydrogen-bond acceptors (Lipinski definition) is 26. The number of hydrogen-bond donors (Lipinski definition) is 0. The number of esters is 10. The number of carbonyl (C=O) groups is 10. The van der Waals surface area contributed by atoms with Crippen molar-refractivity contribution in [2.45, 2.75) is 263 Å². The van der Waals surface area contributed by atoms with Crippen molar-refractivity contribution in [3.8, 4) is 51.7 Å². The van der Waals surface area contributed by atoms with E-state index in [1.165, 1.54) is 44.3 Å². The molecule has 3 aliphatic rings. The molecule has 0 bridgehead atoms. The van der Waals surface area contributed by atoms with Crippen molar-refractivity contribution in [3.63, 3.8) is 0 Å². The van der Waals surface area contributed by atoms with Crippen LogP contribution in [0.25, 0.3) is 0 Å². The third kappa shape index (κ3) is 46.3. The molecule has 0 aliphatic heterocycles. The maximum absolute atomic E-state index is 12.7. The van der Waals surface area contributed by atoms with Gasteiger partial charge < -0.3 is 75.8 Å². The van der Waals surface area contributed by atoms with E-state index in [4.69, 9.17) is 75.8 Å². The maximum Gasteiger partial charge on any atom is 0.343 e. The van der Waals surface area contributed by atoms with Crippen LogP contribution in [0.4, 0.5) is 0 Å². The van der Waals surface area contributed by atoms with Gasteiger partial charge in [-0.15, -0.1) is 0 Å². The molecule has 26 heteroatoms. The Morgan fingerprint density at radius 1 is 0.231 bits per heavy atom. The molecule has 134 heavy (non-hydrogen) atoms. The largest absolute Gasteiger partial charge is 0.494 e. The standard InChI is InChI=1S/C38H48O10.2C35H46O8/c1-3-35(39)45-27-11-7-5-9-25-43-31-17-13-29(14-18-31)37(41)47-33-21-23-34(24-22-33)48-38(42)30-15-19-32(20-16-30)44-26-10-6-8-12-28-46-36(40)4-2;2*1-3-5-6-9-24-39-29-16-12-27(13-17-29)34(37)42-31-20-22-32(23-21-31)43-35(38)28-14-18-30(19-15-28)40-25-10-7-8-11-26-41-33(36)4-2/h3-4,13-14,17-18,21-24,30,32H,1-2,5-12,15-16,19-20,25-28H2;4,14-15,18-23,27,29H,2-3,5-13,16-17,24-26H2,1H3;4,12-13,16-17,20-23,28,30H,2-3,5-11,14-15,18-19,24-26H2,1H3. The summed E-state index contributed by atoms with van der Waals surface area (Å²) in [5.41, 5.74) is 1.21. The topological polar surface area (TPSA) is 318 Å². The van der Waals surface area contributed by atoms with E-state index in [0.717, 1.165) is 211 Å². The van der Waals surface area contributed by atoms with Crippen LogP contribution in [-0.4, -0.2) is 144 Å². The summed E-state index contributed by atoms with van der Waals surface area (Å²) in [6.45, 7) is 23.4. The van der Waals surface area contributed by atoms with Gasteiger partial charge in [-0.05, 0) is 325 Å². The Morgan fingerprint density at radius 3 is 0.627 bits per heavy atom. The molecule has 0 atom stereocenters. The highest BCUT2D eigenvalue weighted by molar-refractivity contribution is 5.93. The summed E-state index contributed by atoms with van der Waals surface area (Å²) in [6, 6.07) is 39.9. The van der Waals surface area contributed by atoms with Crippen molar-refractivity contribution in [2.75, 3.05) is 66.1 Å². The second-order valence-corrected chi connectivity index (χ2v) is 33.3. The van der Waals surface area contributed by atoms with Crippen LogP contribution in [0.1, 0.15) is 276 Å².